The molecule has 1 aliphatic heterocycles. The van der Waals surface area contributed by atoms with E-state index in [1.807, 2.05) is 25.2 Å². The summed E-state index contributed by atoms with van der Waals surface area (Å²) in [5, 5.41) is 29.1. The number of hydrogen-bond donors (Lipinski definition) is 3. The number of phenols is 3. The Morgan fingerprint density at radius 2 is 1.73 bits per heavy atom. The van der Waals surface area contributed by atoms with Gasteiger partial charge in [-0.3, -0.25) is 0 Å². The molecule has 0 fully saturated rings. The number of halogens is 1. The highest BCUT2D eigenvalue weighted by molar-refractivity contribution is 8.93. The monoisotopic (exact) mass is 369 g/mol. The van der Waals surface area contributed by atoms with E-state index in [-0.39, 0.29) is 39.9 Å². The fraction of sp³-hybridized carbons (Fsp3) is 0.250. The molecule has 3 rings (SSSR count). The summed E-state index contributed by atoms with van der Waals surface area (Å²) in [7, 11) is 2.00. The summed E-state index contributed by atoms with van der Waals surface area (Å²) in [6.45, 7) is 1.52. The van der Waals surface area contributed by atoms with Gasteiger partial charge < -0.3 is 25.7 Å². The number of likely N-dealkylation sites (N-methyl/N-ethyl adjacent to an activating group) is 1. The number of phenolic OH excluding ortho intramolecular Hbond substituents is 3. The fourth-order valence-corrected chi connectivity index (χ4v) is 2.88. The Morgan fingerprint density at radius 1 is 1.00 bits per heavy atom. The van der Waals surface area contributed by atoms with E-state index in [2.05, 4.69) is 4.90 Å². The van der Waals surface area contributed by atoms with Crippen molar-refractivity contribution in [1.29, 1.82) is 0 Å². The maximum absolute atomic E-state index is 10.0. The molecule has 1 aliphatic rings. The molecule has 0 saturated heterocycles. The molecule has 0 aliphatic carbocycles. The Balaban J connectivity index is 0.00000121. The van der Waals surface area contributed by atoms with Crippen LogP contribution in [-0.2, 0) is 6.54 Å². The van der Waals surface area contributed by atoms with E-state index in [1.165, 1.54) is 6.07 Å². The zero-order valence-electron chi connectivity index (χ0n) is 12.2. The van der Waals surface area contributed by atoms with Crippen LogP contribution in [0, 0.1) is 0 Å². The predicted octanol–water partition coefficient (Wildman–Crippen LogP) is 2.13. The molecular formula is C16H20BrNO4. The smallest absolute Gasteiger partial charge is 0.157 e. The van der Waals surface area contributed by atoms with Crippen LogP contribution in [0.5, 0.6) is 17.2 Å². The van der Waals surface area contributed by atoms with Crippen LogP contribution in [0.25, 0.3) is 0 Å². The molecule has 2 aromatic rings. The van der Waals surface area contributed by atoms with Gasteiger partial charge in [0.1, 0.15) is 5.75 Å². The van der Waals surface area contributed by atoms with E-state index in [0.717, 1.165) is 23.2 Å². The van der Waals surface area contributed by atoms with Gasteiger partial charge in [0, 0.05) is 24.6 Å². The van der Waals surface area contributed by atoms with E-state index in [1.54, 1.807) is 12.1 Å². The summed E-state index contributed by atoms with van der Waals surface area (Å²) in [6.07, 6.45) is 0. The molecule has 0 radical (unpaired) electrons. The lowest BCUT2D eigenvalue weighted by Crippen LogP contribution is -2.30. The summed E-state index contributed by atoms with van der Waals surface area (Å²) in [5.41, 5.74) is 2.94. The summed E-state index contributed by atoms with van der Waals surface area (Å²) >= 11 is 0. The maximum Gasteiger partial charge on any atom is 0.157 e. The van der Waals surface area contributed by atoms with Gasteiger partial charge >= 0.3 is 0 Å². The number of hydrogen-bond acceptors (Lipinski definition) is 4. The number of aromatic hydroxyl groups is 3. The zero-order chi connectivity index (χ0) is 14.3. The van der Waals surface area contributed by atoms with Crippen molar-refractivity contribution >= 4 is 17.0 Å². The SMILES string of the molecule is Br.CN1Cc2c(O)cccc2C(c2ccc(O)c(O)c2)C1.O. The van der Waals surface area contributed by atoms with Gasteiger partial charge in [0.05, 0.1) is 0 Å². The van der Waals surface area contributed by atoms with Gasteiger partial charge in [-0.2, -0.15) is 0 Å². The first-order valence-electron chi connectivity index (χ1n) is 6.57. The van der Waals surface area contributed by atoms with Gasteiger partial charge in [-0.1, -0.05) is 18.2 Å². The molecule has 5 nitrogen and oxygen atoms in total. The summed E-state index contributed by atoms with van der Waals surface area (Å²) in [6, 6.07) is 10.5. The lowest BCUT2D eigenvalue weighted by atomic mass is 9.84. The molecule has 2 aromatic carbocycles. The third-order valence-electron chi connectivity index (χ3n) is 3.89. The first kappa shape index (κ1) is 18.3. The van der Waals surface area contributed by atoms with Crippen LogP contribution in [0.2, 0.25) is 0 Å². The minimum atomic E-state index is -0.117. The number of fused-ring (bicyclic) bond motifs is 1. The lowest BCUT2D eigenvalue weighted by Gasteiger charge is -2.33. The topological polar surface area (TPSA) is 95.4 Å². The lowest BCUT2D eigenvalue weighted by molar-refractivity contribution is 0.287. The minimum Gasteiger partial charge on any atom is -0.508 e. The Morgan fingerprint density at radius 3 is 2.41 bits per heavy atom. The highest BCUT2D eigenvalue weighted by Gasteiger charge is 2.26. The van der Waals surface area contributed by atoms with Crippen LogP contribution in [0.3, 0.4) is 0 Å². The molecule has 0 aromatic heterocycles. The zero-order valence-corrected chi connectivity index (χ0v) is 13.9. The molecule has 1 heterocycles. The van der Waals surface area contributed by atoms with Crippen molar-refractivity contribution < 1.29 is 20.8 Å². The fourth-order valence-electron chi connectivity index (χ4n) is 2.88. The highest BCUT2D eigenvalue weighted by Crippen LogP contribution is 2.38. The summed E-state index contributed by atoms with van der Waals surface area (Å²) in [5.74, 6) is 0.149. The molecule has 0 amide bonds. The summed E-state index contributed by atoms with van der Waals surface area (Å²) in [4.78, 5) is 2.14. The predicted molar refractivity (Wildman–Crippen MR) is 90.0 cm³/mol. The molecular weight excluding hydrogens is 350 g/mol. The number of nitrogens with zero attached hydrogens (tertiary/aromatic N) is 1. The molecule has 0 saturated carbocycles. The van der Waals surface area contributed by atoms with Crippen molar-refractivity contribution in [1.82, 2.24) is 4.90 Å². The van der Waals surface area contributed by atoms with Crippen LogP contribution in [0.15, 0.2) is 36.4 Å². The van der Waals surface area contributed by atoms with Gasteiger partial charge in [-0.25, -0.2) is 0 Å². The average Bonchev–Trinajstić information content (AvgIpc) is 2.42. The summed E-state index contributed by atoms with van der Waals surface area (Å²) < 4.78 is 0. The van der Waals surface area contributed by atoms with Crippen LogP contribution in [0.1, 0.15) is 22.6 Å². The van der Waals surface area contributed by atoms with E-state index < -0.39 is 0 Å². The van der Waals surface area contributed by atoms with Crippen molar-refractivity contribution in [2.75, 3.05) is 13.6 Å². The molecule has 0 spiro atoms. The third-order valence-corrected chi connectivity index (χ3v) is 3.89. The Hall–Kier alpha value is -1.76. The van der Waals surface area contributed by atoms with E-state index >= 15 is 0 Å². The molecule has 1 atom stereocenters. The molecule has 6 heteroatoms. The van der Waals surface area contributed by atoms with E-state index in [9.17, 15) is 15.3 Å². The number of benzene rings is 2. The van der Waals surface area contributed by atoms with Gasteiger partial charge in [0.2, 0.25) is 0 Å². The normalized spacial score (nSPS) is 17.0. The first-order chi connectivity index (χ1) is 9.56. The Labute approximate surface area is 139 Å². The van der Waals surface area contributed by atoms with Crippen molar-refractivity contribution in [2.45, 2.75) is 12.5 Å². The second kappa shape index (κ2) is 7.00. The van der Waals surface area contributed by atoms with Crippen molar-refractivity contribution in [3.8, 4) is 17.2 Å². The second-order valence-corrected chi connectivity index (χ2v) is 5.34. The largest absolute Gasteiger partial charge is 0.508 e. The van der Waals surface area contributed by atoms with Gasteiger partial charge in [0.15, 0.2) is 11.5 Å². The van der Waals surface area contributed by atoms with Gasteiger partial charge in [0.25, 0.3) is 0 Å². The van der Waals surface area contributed by atoms with Crippen LogP contribution in [-0.4, -0.2) is 39.3 Å². The third kappa shape index (κ3) is 3.19. The van der Waals surface area contributed by atoms with Crippen LogP contribution in [0.4, 0.5) is 0 Å². The molecule has 0 bridgehead atoms. The number of rotatable bonds is 1. The van der Waals surface area contributed by atoms with Crippen molar-refractivity contribution in [3.63, 3.8) is 0 Å². The van der Waals surface area contributed by atoms with E-state index in [0.29, 0.717) is 12.3 Å². The minimum absolute atomic E-state index is 0. The van der Waals surface area contributed by atoms with Crippen LogP contribution < -0.4 is 0 Å². The highest BCUT2D eigenvalue weighted by atomic mass is 79.9. The van der Waals surface area contributed by atoms with E-state index in [4.69, 9.17) is 0 Å². The molecule has 5 N–H and O–H groups in total. The van der Waals surface area contributed by atoms with Gasteiger partial charge in [-0.05, 0) is 36.4 Å². The molecule has 22 heavy (non-hydrogen) atoms. The van der Waals surface area contributed by atoms with Crippen molar-refractivity contribution in [3.05, 3.63) is 53.1 Å². The van der Waals surface area contributed by atoms with Crippen LogP contribution >= 0.6 is 17.0 Å². The second-order valence-electron chi connectivity index (χ2n) is 5.34. The molecule has 1 unspecified atom stereocenters. The standard InChI is InChI=1S/C16H17NO3.BrH.H2O/c1-17-8-12(10-5-6-15(19)16(20)7-10)11-3-2-4-14(18)13(11)9-17;;/h2-7,12,18-20H,8-9H2,1H3;1H;1H2. The maximum atomic E-state index is 10.0. The first-order valence-corrected chi connectivity index (χ1v) is 6.57. The Kier molecular flexibility index (Phi) is 5.82. The van der Waals surface area contributed by atoms with Gasteiger partial charge in [-0.15, -0.1) is 17.0 Å². The quantitative estimate of drug-likeness (QED) is 0.671. The van der Waals surface area contributed by atoms with Crippen molar-refractivity contribution in [2.24, 2.45) is 0 Å². The molecule has 120 valence electrons. The Bertz CT molecular complexity index is 663. The average molecular weight is 370 g/mol.